The van der Waals surface area contributed by atoms with Crippen LogP contribution in [0, 0.1) is 6.92 Å². The Morgan fingerprint density at radius 3 is 2.83 bits per heavy atom. The SMILES string of the molecule is Cc1ccc2[nH]nc(C(=O)NC[C@@H]3CN(C(=O)c4ccccc4)[C@H]4CCN3C4)c2c1. The minimum absolute atomic E-state index is 0.0762. The van der Waals surface area contributed by atoms with Crippen molar-refractivity contribution in [2.45, 2.75) is 25.4 Å². The van der Waals surface area contributed by atoms with Crippen molar-refractivity contribution in [2.24, 2.45) is 0 Å². The molecular weight excluding hydrogens is 378 g/mol. The molecular formula is C23H25N5O2. The number of aromatic amines is 1. The molecule has 3 heterocycles. The van der Waals surface area contributed by atoms with Gasteiger partial charge in [0.1, 0.15) is 0 Å². The Morgan fingerprint density at radius 2 is 2.00 bits per heavy atom. The highest BCUT2D eigenvalue weighted by atomic mass is 16.2. The Labute approximate surface area is 175 Å². The minimum Gasteiger partial charge on any atom is -0.349 e. The topological polar surface area (TPSA) is 81.3 Å². The van der Waals surface area contributed by atoms with Crippen LogP contribution in [0.15, 0.2) is 48.5 Å². The van der Waals surface area contributed by atoms with Crippen LogP contribution in [-0.4, -0.2) is 70.1 Å². The summed E-state index contributed by atoms with van der Waals surface area (Å²) in [6, 6.07) is 15.7. The van der Waals surface area contributed by atoms with Crippen molar-refractivity contribution < 1.29 is 9.59 Å². The van der Waals surface area contributed by atoms with Crippen molar-refractivity contribution in [3.8, 4) is 0 Å². The van der Waals surface area contributed by atoms with Crippen LogP contribution in [0.2, 0.25) is 0 Å². The lowest BCUT2D eigenvalue weighted by atomic mass is 10.1. The molecule has 2 N–H and O–H groups in total. The molecule has 2 aliphatic heterocycles. The largest absolute Gasteiger partial charge is 0.349 e. The lowest BCUT2D eigenvalue weighted by molar-refractivity contribution is 0.0493. The van der Waals surface area contributed by atoms with Crippen molar-refractivity contribution in [1.29, 1.82) is 0 Å². The molecule has 0 saturated carbocycles. The van der Waals surface area contributed by atoms with Crippen molar-refractivity contribution in [2.75, 3.05) is 26.2 Å². The Morgan fingerprint density at radius 1 is 1.17 bits per heavy atom. The van der Waals surface area contributed by atoms with Crippen LogP contribution >= 0.6 is 0 Å². The summed E-state index contributed by atoms with van der Waals surface area (Å²) in [7, 11) is 0. The van der Waals surface area contributed by atoms with E-state index in [-0.39, 0.29) is 23.9 Å². The van der Waals surface area contributed by atoms with Crippen molar-refractivity contribution in [3.05, 3.63) is 65.4 Å². The Bertz CT molecular complexity index is 1090. The molecule has 2 aromatic carbocycles. The van der Waals surface area contributed by atoms with Crippen molar-refractivity contribution in [3.63, 3.8) is 0 Å². The number of H-pyrrole nitrogens is 1. The molecule has 30 heavy (non-hydrogen) atoms. The molecule has 2 aliphatic rings. The predicted molar refractivity (Wildman–Crippen MR) is 114 cm³/mol. The first-order valence-electron chi connectivity index (χ1n) is 10.4. The van der Waals surface area contributed by atoms with Gasteiger partial charge in [-0.15, -0.1) is 0 Å². The summed E-state index contributed by atoms with van der Waals surface area (Å²) >= 11 is 0. The molecule has 7 heteroatoms. The summed E-state index contributed by atoms with van der Waals surface area (Å²) in [6.07, 6.45) is 0.978. The van der Waals surface area contributed by atoms with E-state index in [1.807, 2.05) is 60.4 Å². The molecule has 3 aromatic rings. The second kappa shape index (κ2) is 7.57. The molecule has 0 radical (unpaired) electrons. The zero-order chi connectivity index (χ0) is 20.7. The molecule has 2 bridgehead atoms. The number of nitrogens with one attached hydrogen (secondary N) is 2. The summed E-state index contributed by atoms with van der Waals surface area (Å²) in [5, 5.41) is 11.0. The van der Waals surface area contributed by atoms with E-state index in [0.29, 0.717) is 18.8 Å². The van der Waals surface area contributed by atoms with Gasteiger partial charge in [-0.25, -0.2) is 0 Å². The molecule has 2 saturated heterocycles. The van der Waals surface area contributed by atoms with Crippen LogP contribution < -0.4 is 5.32 Å². The molecule has 2 amide bonds. The van der Waals surface area contributed by atoms with Crippen molar-refractivity contribution >= 4 is 22.7 Å². The molecule has 5 rings (SSSR count). The third-order valence-electron chi connectivity index (χ3n) is 6.27. The third-order valence-corrected chi connectivity index (χ3v) is 6.27. The van der Waals surface area contributed by atoms with Gasteiger partial charge in [-0.2, -0.15) is 5.10 Å². The Balaban J connectivity index is 1.29. The maximum Gasteiger partial charge on any atom is 0.272 e. The fourth-order valence-corrected chi connectivity index (χ4v) is 4.63. The highest BCUT2D eigenvalue weighted by molar-refractivity contribution is 6.04. The van der Waals surface area contributed by atoms with Gasteiger partial charge >= 0.3 is 0 Å². The highest BCUT2D eigenvalue weighted by Crippen LogP contribution is 2.26. The predicted octanol–water partition coefficient (Wildman–Crippen LogP) is 2.20. The molecule has 1 unspecified atom stereocenters. The van der Waals surface area contributed by atoms with E-state index in [9.17, 15) is 9.59 Å². The molecule has 1 aromatic heterocycles. The van der Waals surface area contributed by atoms with E-state index in [2.05, 4.69) is 20.4 Å². The fourth-order valence-electron chi connectivity index (χ4n) is 4.63. The van der Waals surface area contributed by atoms with Gasteiger partial charge in [0.25, 0.3) is 11.8 Å². The average molecular weight is 403 g/mol. The maximum absolute atomic E-state index is 13.0. The van der Waals surface area contributed by atoms with Gasteiger partial charge in [0.15, 0.2) is 5.69 Å². The number of carbonyl (C=O) groups excluding carboxylic acids is 2. The van der Waals surface area contributed by atoms with E-state index in [1.54, 1.807) is 0 Å². The lowest BCUT2D eigenvalue weighted by Gasteiger charge is -2.40. The number of piperazine rings is 1. The Hall–Kier alpha value is -3.19. The summed E-state index contributed by atoms with van der Waals surface area (Å²) in [5.74, 6) is -0.110. The number of fused-ring (bicyclic) bond motifs is 3. The van der Waals surface area contributed by atoms with E-state index >= 15 is 0 Å². The van der Waals surface area contributed by atoms with Crippen LogP contribution in [0.1, 0.15) is 32.8 Å². The van der Waals surface area contributed by atoms with E-state index in [0.717, 1.165) is 41.5 Å². The monoisotopic (exact) mass is 403 g/mol. The zero-order valence-corrected chi connectivity index (χ0v) is 17.0. The number of aryl methyl sites for hydroxylation is 1. The first-order valence-corrected chi connectivity index (χ1v) is 10.4. The fraction of sp³-hybridized carbons (Fsp3) is 0.348. The van der Waals surface area contributed by atoms with Crippen molar-refractivity contribution in [1.82, 2.24) is 25.3 Å². The molecule has 2 fully saturated rings. The molecule has 154 valence electrons. The normalized spacial score (nSPS) is 23.0. The third kappa shape index (κ3) is 3.35. The van der Waals surface area contributed by atoms with E-state index in [1.165, 1.54) is 0 Å². The zero-order valence-electron chi connectivity index (χ0n) is 17.0. The van der Waals surface area contributed by atoms with E-state index in [4.69, 9.17) is 0 Å². The number of carbonyl (C=O) groups is 2. The standard InChI is InChI=1S/C23H25N5O2/c1-15-7-8-20-19(11-15)21(26-25-20)22(29)24-12-18-14-28(17-9-10-27(18)13-17)23(30)16-5-3-2-4-6-16/h2-8,11,17-18H,9-10,12-14H2,1H3,(H,24,29)(H,25,26)/t17-,18+/m0/s1. The van der Waals surface area contributed by atoms with Gasteiger partial charge in [-0.3, -0.25) is 19.6 Å². The minimum atomic E-state index is -0.186. The maximum atomic E-state index is 13.0. The van der Waals surface area contributed by atoms with Crippen LogP contribution in [-0.2, 0) is 0 Å². The first-order chi connectivity index (χ1) is 14.6. The Kier molecular flexibility index (Phi) is 4.75. The summed E-state index contributed by atoms with van der Waals surface area (Å²) in [5.41, 5.74) is 3.08. The number of aromatic nitrogens is 2. The van der Waals surface area contributed by atoms with Gasteiger partial charge in [-0.05, 0) is 37.6 Å². The number of benzene rings is 2. The average Bonchev–Trinajstić information content (AvgIpc) is 3.38. The molecule has 0 aliphatic carbocycles. The number of amides is 2. The van der Waals surface area contributed by atoms with Gasteiger partial charge in [0.2, 0.25) is 0 Å². The molecule has 3 atom stereocenters. The smallest absolute Gasteiger partial charge is 0.272 e. The quantitative estimate of drug-likeness (QED) is 0.700. The van der Waals surface area contributed by atoms with Crippen LogP contribution in [0.3, 0.4) is 0 Å². The number of rotatable bonds is 4. The number of hydrogen-bond acceptors (Lipinski definition) is 4. The highest BCUT2D eigenvalue weighted by Gasteiger charge is 2.40. The summed E-state index contributed by atoms with van der Waals surface area (Å²) in [6.45, 7) is 4.93. The van der Waals surface area contributed by atoms with Gasteiger partial charge in [-0.1, -0.05) is 29.8 Å². The van der Waals surface area contributed by atoms with Crippen LogP contribution in [0.4, 0.5) is 0 Å². The number of nitrogens with zero attached hydrogens (tertiary/aromatic N) is 3. The second-order valence-electron chi connectivity index (χ2n) is 8.25. The lowest BCUT2D eigenvalue weighted by Crippen LogP contribution is -2.57. The van der Waals surface area contributed by atoms with Crippen LogP contribution in [0.5, 0.6) is 0 Å². The summed E-state index contributed by atoms with van der Waals surface area (Å²) in [4.78, 5) is 30.2. The van der Waals surface area contributed by atoms with Crippen LogP contribution in [0.25, 0.3) is 10.9 Å². The van der Waals surface area contributed by atoms with Gasteiger partial charge in [0, 0.05) is 49.2 Å². The second-order valence-corrected chi connectivity index (χ2v) is 8.25. The number of hydrogen-bond donors (Lipinski definition) is 2. The van der Waals surface area contributed by atoms with Gasteiger partial charge < -0.3 is 10.2 Å². The first kappa shape index (κ1) is 18.8. The summed E-state index contributed by atoms with van der Waals surface area (Å²) < 4.78 is 0. The van der Waals surface area contributed by atoms with Gasteiger partial charge in [0.05, 0.1) is 5.52 Å². The molecule has 0 spiro atoms. The molecule has 7 nitrogen and oxygen atoms in total. The van der Waals surface area contributed by atoms with E-state index < -0.39 is 0 Å².